The monoisotopic (exact) mass is 412 g/mol. The van der Waals surface area contributed by atoms with E-state index in [-0.39, 0.29) is 17.9 Å². The third-order valence-electron chi connectivity index (χ3n) is 5.85. The van der Waals surface area contributed by atoms with Gasteiger partial charge in [0.05, 0.1) is 0 Å². The van der Waals surface area contributed by atoms with Crippen LogP contribution in [0.2, 0.25) is 0 Å². The predicted molar refractivity (Wildman–Crippen MR) is 112 cm³/mol. The Kier molecular flexibility index (Phi) is 5.72. The van der Waals surface area contributed by atoms with Gasteiger partial charge in [-0.05, 0) is 73.0 Å². The van der Waals surface area contributed by atoms with Gasteiger partial charge in [-0.25, -0.2) is 8.78 Å². The minimum Gasteiger partial charge on any atom is -0.335 e. The molecule has 0 saturated heterocycles. The van der Waals surface area contributed by atoms with Gasteiger partial charge in [-0.1, -0.05) is 36.4 Å². The number of rotatable bonds is 4. The molecule has 0 aliphatic heterocycles. The molecule has 6 heteroatoms. The highest BCUT2D eigenvalue weighted by Gasteiger charge is 2.26. The van der Waals surface area contributed by atoms with Crippen molar-refractivity contribution in [1.29, 1.82) is 0 Å². The van der Waals surface area contributed by atoms with Gasteiger partial charge in [0, 0.05) is 17.7 Å². The molecule has 2 aromatic carbocycles. The van der Waals surface area contributed by atoms with Gasteiger partial charge in [-0.15, -0.1) is 0 Å². The van der Waals surface area contributed by atoms with Crippen molar-refractivity contribution in [2.45, 2.75) is 43.9 Å². The Labute approximate surface area is 172 Å². The van der Waals surface area contributed by atoms with Gasteiger partial charge in [-0.2, -0.15) is 0 Å². The van der Waals surface area contributed by atoms with Crippen LogP contribution in [0.25, 0.3) is 0 Å². The van der Waals surface area contributed by atoms with Crippen molar-refractivity contribution in [2.75, 3.05) is 0 Å². The van der Waals surface area contributed by atoms with Crippen molar-refractivity contribution >= 4 is 12.2 Å². The average Bonchev–Trinajstić information content (AvgIpc) is 2.73. The van der Waals surface area contributed by atoms with Gasteiger partial charge in [0.1, 0.15) is 0 Å². The van der Waals surface area contributed by atoms with Gasteiger partial charge < -0.3 is 4.98 Å². The van der Waals surface area contributed by atoms with E-state index in [1.807, 2.05) is 6.07 Å². The van der Waals surface area contributed by atoms with E-state index in [0.29, 0.717) is 21.8 Å². The first-order valence-corrected chi connectivity index (χ1v) is 10.3. The Morgan fingerprint density at radius 3 is 2.28 bits per heavy atom. The molecule has 1 saturated carbocycles. The fourth-order valence-electron chi connectivity index (χ4n) is 4.35. The van der Waals surface area contributed by atoms with E-state index in [2.05, 4.69) is 34.2 Å². The first kappa shape index (κ1) is 19.7. The third-order valence-corrected chi connectivity index (χ3v) is 6.05. The largest absolute Gasteiger partial charge is 0.335 e. The number of halogens is 2. The highest BCUT2D eigenvalue weighted by molar-refractivity contribution is 7.71. The summed E-state index contributed by atoms with van der Waals surface area (Å²) in [5, 5.41) is 0. The molecule has 0 bridgehead atoms. The van der Waals surface area contributed by atoms with Gasteiger partial charge in [-0.3, -0.25) is 9.78 Å². The number of aromatic nitrogens is 2. The van der Waals surface area contributed by atoms with Crippen LogP contribution in [0, 0.1) is 16.4 Å². The van der Waals surface area contributed by atoms with Gasteiger partial charge in [0.25, 0.3) is 5.56 Å². The van der Waals surface area contributed by atoms with E-state index in [1.54, 1.807) is 0 Å². The smallest absolute Gasteiger partial charge is 0.255 e. The Balaban J connectivity index is 1.60. The van der Waals surface area contributed by atoms with Crippen molar-refractivity contribution < 1.29 is 8.78 Å². The SMILES string of the molecule is O=c1[nH]c(=S)[nH]c([C@H]2CC[C@H](c3ccccc3)CC2)c1Cc1ccc(F)c(F)c1. The molecule has 0 radical (unpaired) electrons. The van der Waals surface area contributed by atoms with Crippen LogP contribution < -0.4 is 5.56 Å². The van der Waals surface area contributed by atoms with Crippen LogP contribution in [0.1, 0.15) is 59.9 Å². The summed E-state index contributed by atoms with van der Waals surface area (Å²) < 4.78 is 27.2. The Morgan fingerprint density at radius 2 is 1.59 bits per heavy atom. The molecule has 3 aromatic rings. The quantitative estimate of drug-likeness (QED) is 0.537. The molecule has 1 fully saturated rings. The van der Waals surface area contributed by atoms with E-state index in [0.717, 1.165) is 43.5 Å². The summed E-state index contributed by atoms with van der Waals surface area (Å²) in [5.74, 6) is -1.09. The third kappa shape index (κ3) is 4.37. The molecular weight excluding hydrogens is 390 g/mol. The van der Waals surface area contributed by atoms with Crippen LogP contribution in [-0.4, -0.2) is 9.97 Å². The van der Waals surface area contributed by atoms with Crippen molar-refractivity contribution in [1.82, 2.24) is 9.97 Å². The van der Waals surface area contributed by atoms with Crippen LogP contribution >= 0.6 is 12.2 Å². The lowest BCUT2D eigenvalue weighted by Gasteiger charge is -2.29. The summed E-state index contributed by atoms with van der Waals surface area (Å²) in [4.78, 5) is 18.4. The lowest BCUT2D eigenvalue weighted by atomic mass is 9.76. The second-order valence-electron chi connectivity index (χ2n) is 7.68. The zero-order valence-corrected chi connectivity index (χ0v) is 16.7. The Morgan fingerprint density at radius 1 is 0.897 bits per heavy atom. The molecule has 1 aromatic heterocycles. The van der Waals surface area contributed by atoms with Crippen LogP contribution in [0.3, 0.4) is 0 Å². The first-order chi connectivity index (χ1) is 14.0. The van der Waals surface area contributed by atoms with E-state index in [4.69, 9.17) is 12.2 Å². The molecule has 1 heterocycles. The molecule has 0 spiro atoms. The summed E-state index contributed by atoms with van der Waals surface area (Å²) >= 11 is 5.20. The first-order valence-electron chi connectivity index (χ1n) is 9.85. The summed E-state index contributed by atoms with van der Waals surface area (Å²) in [6.45, 7) is 0. The fraction of sp³-hybridized carbons (Fsp3) is 0.304. The van der Waals surface area contributed by atoms with Crippen LogP contribution in [-0.2, 0) is 6.42 Å². The standard InChI is InChI=1S/C23H22F2N2OS/c24-19-11-6-14(13-20(19)25)12-18-21(26-23(29)27-22(18)28)17-9-7-16(8-10-17)15-4-2-1-3-5-15/h1-6,11,13,16-17H,7-10,12H2,(H2,26,27,28,29)/t16-,17-. The molecule has 2 N–H and O–H groups in total. The topological polar surface area (TPSA) is 48.6 Å². The molecule has 4 rings (SSSR count). The Bertz CT molecular complexity index is 1120. The van der Waals surface area contributed by atoms with Crippen LogP contribution in [0.5, 0.6) is 0 Å². The van der Waals surface area contributed by atoms with Gasteiger partial charge in [0.15, 0.2) is 16.4 Å². The average molecular weight is 413 g/mol. The number of aromatic amines is 2. The van der Waals surface area contributed by atoms with Crippen molar-refractivity contribution in [2.24, 2.45) is 0 Å². The maximum atomic E-state index is 13.6. The molecule has 3 nitrogen and oxygen atoms in total. The zero-order chi connectivity index (χ0) is 20.4. The van der Waals surface area contributed by atoms with Crippen molar-refractivity contribution in [3.63, 3.8) is 0 Å². The van der Waals surface area contributed by atoms with E-state index < -0.39 is 11.6 Å². The predicted octanol–water partition coefficient (Wildman–Crippen LogP) is 5.74. The summed E-state index contributed by atoms with van der Waals surface area (Å²) in [6.07, 6.45) is 4.18. The molecule has 1 aliphatic rings. The molecule has 0 unspecified atom stereocenters. The maximum absolute atomic E-state index is 13.6. The number of nitrogens with one attached hydrogen (secondary N) is 2. The van der Waals surface area contributed by atoms with E-state index >= 15 is 0 Å². The molecular formula is C23H22F2N2OS. The van der Waals surface area contributed by atoms with E-state index in [9.17, 15) is 13.6 Å². The molecule has 1 aliphatic carbocycles. The minimum atomic E-state index is -0.910. The molecule has 0 amide bonds. The molecule has 29 heavy (non-hydrogen) atoms. The van der Waals surface area contributed by atoms with Gasteiger partial charge in [0.2, 0.25) is 0 Å². The van der Waals surface area contributed by atoms with Crippen molar-refractivity contribution in [3.8, 4) is 0 Å². The maximum Gasteiger partial charge on any atom is 0.255 e. The van der Waals surface area contributed by atoms with Crippen LogP contribution in [0.15, 0.2) is 53.3 Å². The number of hydrogen-bond donors (Lipinski definition) is 2. The lowest BCUT2D eigenvalue weighted by molar-refractivity contribution is 0.389. The van der Waals surface area contributed by atoms with Crippen LogP contribution in [0.4, 0.5) is 8.78 Å². The van der Waals surface area contributed by atoms with Crippen molar-refractivity contribution in [3.05, 3.63) is 97.7 Å². The summed E-state index contributed by atoms with van der Waals surface area (Å²) in [7, 11) is 0. The highest BCUT2D eigenvalue weighted by Crippen LogP contribution is 2.40. The normalized spacial score (nSPS) is 19.2. The molecule has 150 valence electrons. The molecule has 0 atom stereocenters. The zero-order valence-electron chi connectivity index (χ0n) is 15.9. The van der Waals surface area contributed by atoms with Gasteiger partial charge >= 0.3 is 0 Å². The summed E-state index contributed by atoms with van der Waals surface area (Å²) in [5.41, 5.74) is 3.02. The second-order valence-corrected chi connectivity index (χ2v) is 8.09. The highest BCUT2D eigenvalue weighted by atomic mass is 32.1. The fourth-order valence-corrected chi connectivity index (χ4v) is 4.55. The number of benzene rings is 2. The Hall–Kier alpha value is -2.60. The lowest BCUT2D eigenvalue weighted by Crippen LogP contribution is -2.22. The number of H-pyrrole nitrogens is 2. The second kappa shape index (κ2) is 8.41. The number of hydrogen-bond acceptors (Lipinski definition) is 2. The minimum absolute atomic E-state index is 0.194. The van der Waals surface area contributed by atoms with E-state index in [1.165, 1.54) is 11.6 Å². The summed E-state index contributed by atoms with van der Waals surface area (Å²) in [6, 6.07) is 14.2.